The SMILES string of the molecule is C=C.CC(C)N1CCCCC1.CC(C)N1CCCCC1.CC(C)OCCN(C)C.CCN(CC)CCOC(C)C. The van der Waals surface area contributed by atoms with Crippen molar-refractivity contribution in [2.75, 3.05) is 79.7 Å². The van der Waals surface area contributed by atoms with Gasteiger partial charge in [0.2, 0.25) is 0 Å². The zero-order chi connectivity index (χ0) is 31.3. The highest BCUT2D eigenvalue weighted by atomic mass is 16.5. The summed E-state index contributed by atoms with van der Waals surface area (Å²) in [7, 11) is 4.09. The van der Waals surface area contributed by atoms with E-state index in [0.717, 1.165) is 51.5 Å². The molecule has 0 amide bonds. The van der Waals surface area contributed by atoms with Gasteiger partial charge < -0.3 is 29.1 Å². The molecule has 6 nitrogen and oxygen atoms in total. The van der Waals surface area contributed by atoms with Crippen LogP contribution in [0.1, 0.15) is 108 Å². The van der Waals surface area contributed by atoms with E-state index >= 15 is 0 Å². The van der Waals surface area contributed by atoms with Crippen molar-refractivity contribution in [2.45, 2.75) is 132 Å². The van der Waals surface area contributed by atoms with Crippen molar-refractivity contribution in [3.05, 3.63) is 13.2 Å². The Morgan fingerprint density at radius 1 is 0.575 bits per heavy atom. The van der Waals surface area contributed by atoms with Crippen LogP contribution in [0.5, 0.6) is 0 Å². The first kappa shape index (κ1) is 43.9. The van der Waals surface area contributed by atoms with Crippen molar-refractivity contribution < 1.29 is 9.47 Å². The second kappa shape index (κ2) is 31.4. The Hall–Kier alpha value is -0.500. The number of hydrogen-bond acceptors (Lipinski definition) is 6. The average molecular weight is 573 g/mol. The van der Waals surface area contributed by atoms with Crippen LogP contribution >= 0.6 is 0 Å². The van der Waals surface area contributed by atoms with Crippen LogP contribution < -0.4 is 0 Å². The van der Waals surface area contributed by atoms with Crippen LogP contribution in [0.15, 0.2) is 13.2 Å². The van der Waals surface area contributed by atoms with Gasteiger partial charge in [-0.15, -0.1) is 13.2 Å². The lowest BCUT2D eigenvalue weighted by Crippen LogP contribution is -2.35. The molecule has 2 fully saturated rings. The molecule has 0 N–H and O–H groups in total. The normalized spacial score (nSPS) is 16.1. The smallest absolute Gasteiger partial charge is 0.0596 e. The molecule has 2 aliphatic rings. The highest BCUT2D eigenvalue weighted by Gasteiger charge is 2.12. The van der Waals surface area contributed by atoms with Crippen molar-refractivity contribution in [1.29, 1.82) is 0 Å². The summed E-state index contributed by atoms with van der Waals surface area (Å²) < 4.78 is 10.7. The third-order valence-electron chi connectivity index (χ3n) is 6.98. The molecule has 0 unspecified atom stereocenters. The van der Waals surface area contributed by atoms with Crippen molar-refractivity contribution in [3.8, 4) is 0 Å². The molecule has 0 bridgehead atoms. The predicted octanol–water partition coefficient (Wildman–Crippen LogP) is 7.29. The summed E-state index contributed by atoms with van der Waals surface area (Å²) in [6.07, 6.45) is 9.29. The number of likely N-dealkylation sites (N-methyl/N-ethyl adjacent to an activating group) is 2. The molecule has 0 spiro atoms. The standard InChI is InChI=1S/C9H21NO.2C8H17N.C7H17NO.C2H4/c1-5-10(6-2)7-8-11-9(3)4;2*1-8(2)9-6-4-3-5-7-9;1-7(2)9-6-5-8(3)4;1-2/h9H,5-8H2,1-4H3;2*8H,3-7H2,1-2H3;7H,5-6H2,1-4H3;1-2H2. The fourth-order valence-corrected chi connectivity index (χ4v) is 4.30. The summed E-state index contributed by atoms with van der Waals surface area (Å²) in [6, 6.07) is 1.54. The molecule has 0 aromatic heterocycles. The Kier molecular flexibility index (Phi) is 34.5. The minimum absolute atomic E-state index is 0.366. The maximum atomic E-state index is 5.43. The molecular formula is C34H76N4O2. The van der Waals surface area contributed by atoms with E-state index in [2.05, 4.69) is 102 Å². The van der Waals surface area contributed by atoms with Gasteiger partial charge in [-0.1, -0.05) is 26.7 Å². The summed E-state index contributed by atoms with van der Waals surface area (Å²) in [5, 5.41) is 0. The van der Waals surface area contributed by atoms with Crippen LogP contribution in [-0.2, 0) is 9.47 Å². The Labute approximate surface area is 253 Å². The minimum atomic E-state index is 0.366. The van der Waals surface area contributed by atoms with Gasteiger partial charge in [-0.05, 0) is 134 Å². The summed E-state index contributed by atoms with van der Waals surface area (Å²) >= 11 is 0. The van der Waals surface area contributed by atoms with E-state index in [9.17, 15) is 0 Å². The fraction of sp³-hybridized carbons (Fsp3) is 0.941. The van der Waals surface area contributed by atoms with Crippen LogP contribution in [0.25, 0.3) is 0 Å². The van der Waals surface area contributed by atoms with Crippen LogP contribution in [0, 0.1) is 0 Å². The number of piperidine rings is 2. The number of ether oxygens (including phenoxy) is 2. The van der Waals surface area contributed by atoms with Crippen molar-refractivity contribution in [1.82, 2.24) is 19.6 Å². The molecule has 0 atom stereocenters. The van der Waals surface area contributed by atoms with E-state index in [1.807, 2.05) is 14.1 Å². The molecule has 2 rings (SSSR count). The predicted molar refractivity (Wildman–Crippen MR) is 181 cm³/mol. The number of hydrogen-bond donors (Lipinski definition) is 0. The maximum Gasteiger partial charge on any atom is 0.0596 e. The van der Waals surface area contributed by atoms with Gasteiger partial charge in [0.05, 0.1) is 25.4 Å². The van der Waals surface area contributed by atoms with Crippen LogP contribution in [0.2, 0.25) is 0 Å². The van der Waals surface area contributed by atoms with Gasteiger partial charge in [0.25, 0.3) is 0 Å². The quantitative estimate of drug-likeness (QED) is 0.228. The molecule has 2 heterocycles. The molecular weight excluding hydrogens is 496 g/mol. The van der Waals surface area contributed by atoms with Crippen molar-refractivity contribution in [3.63, 3.8) is 0 Å². The van der Waals surface area contributed by atoms with Gasteiger partial charge in [-0.2, -0.15) is 0 Å². The molecule has 6 heteroatoms. The van der Waals surface area contributed by atoms with E-state index in [4.69, 9.17) is 9.47 Å². The molecule has 2 aliphatic heterocycles. The van der Waals surface area contributed by atoms with E-state index in [-0.39, 0.29) is 0 Å². The summed E-state index contributed by atoms with van der Waals surface area (Å²) in [5.74, 6) is 0. The second-order valence-electron chi connectivity index (χ2n) is 12.1. The van der Waals surface area contributed by atoms with E-state index in [1.54, 1.807) is 0 Å². The lowest BCUT2D eigenvalue weighted by Gasteiger charge is -2.29. The topological polar surface area (TPSA) is 31.4 Å². The van der Waals surface area contributed by atoms with Crippen LogP contribution in [-0.4, -0.2) is 124 Å². The number of likely N-dealkylation sites (tertiary alicyclic amines) is 2. The minimum Gasteiger partial charge on any atom is -0.377 e. The third kappa shape index (κ3) is 32.0. The van der Waals surface area contributed by atoms with Gasteiger partial charge in [0.1, 0.15) is 0 Å². The lowest BCUT2D eigenvalue weighted by atomic mass is 10.1. The van der Waals surface area contributed by atoms with E-state index in [0.29, 0.717) is 12.2 Å². The van der Waals surface area contributed by atoms with Gasteiger partial charge in [-0.25, -0.2) is 0 Å². The molecule has 2 saturated heterocycles. The Bertz CT molecular complexity index is 441. The summed E-state index contributed by atoms with van der Waals surface area (Å²) in [5.41, 5.74) is 0. The van der Waals surface area contributed by atoms with Crippen molar-refractivity contribution in [2.24, 2.45) is 0 Å². The Morgan fingerprint density at radius 2 is 0.900 bits per heavy atom. The highest BCUT2D eigenvalue weighted by molar-refractivity contribution is 4.68. The van der Waals surface area contributed by atoms with Crippen LogP contribution in [0.4, 0.5) is 0 Å². The van der Waals surface area contributed by atoms with Gasteiger partial charge in [-0.3, -0.25) is 0 Å². The zero-order valence-corrected chi connectivity index (χ0v) is 29.6. The highest BCUT2D eigenvalue weighted by Crippen LogP contribution is 2.11. The van der Waals surface area contributed by atoms with Crippen molar-refractivity contribution >= 4 is 0 Å². The zero-order valence-electron chi connectivity index (χ0n) is 29.6. The lowest BCUT2D eigenvalue weighted by molar-refractivity contribution is 0.0610. The van der Waals surface area contributed by atoms with Gasteiger partial charge in [0, 0.05) is 25.2 Å². The van der Waals surface area contributed by atoms with Crippen LogP contribution in [0.3, 0.4) is 0 Å². The van der Waals surface area contributed by atoms with E-state index < -0.39 is 0 Å². The third-order valence-corrected chi connectivity index (χ3v) is 6.98. The first-order valence-electron chi connectivity index (χ1n) is 16.5. The molecule has 0 aliphatic carbocycles. The molecule has 0 saturated carbocycles. The molecule has 40 heavy (non-hydrogen) atoms. The van der Waals surface area contributed by atoms with E-state index in [1.165, 1.54) is 64.7 Å². The summed E-state index contributed by atoms with van der Waals surface area (Å²) in [4.78, 5) is 9.60. The Morgan fingerprint density at radius 3 is 1.12 bits per heavy atom. The summed E-state index contributed by atoms with van der Waals surface area (Å²) in [6.45, 7) is 39.1. The molecule has 0 aromatic rings. The monoisotopic (exact) mass is 573 g/mol. The largest absolute Gasteiger partial charge is 0.377 e. The molecule has 244 valence electrons. The maximum absolute atomic E-state index is 5.43. The van der Waals surface area contributed by atoms with Gasteiger partial charge >= 0.3 is 0 Å². The molecule has 0 radical (unpaired) electrons. The van der Waals surface area contributed by atoms with Gasteiger partial charge in [0.15, 0.2) is 0 Å². The Balaban J connectivity index is -0.000000448. The molecule has 0 aromatic carbocycles. The fourth-order valence-electron chi connectivity index (χ4n) is 4.30. The second-order valence-corrected chi connectivity index (χ2v) is 12.1. The number of rotatable bonds is 12. The first-order valence-corrected chi connectivity index (χ1v) is 16.5. The average Bonchev–Trinajstić information content (AvgIpc) is 2.94. The first-order chi connectivity index (χ1) is 18.9. The number of nitrogens with zero attached hydrogens (tertiary/aromatic N) is 4.